The maximum absolute atomic E-state index is 6.23. The Morgan fingerprint density at radius 3 is 2.27 bits per heavy atom. The Labute approximate surface area is 173 Å². The minimum atomic E-state index is 0.586. The molecule has 0 atom stereocenters. The van der Waals surface area contributed by atoms with Gasteiger partial charge in [-0.3, -0.25) is 0 Å². The maximum atomic E-state index is 6.23. The van der Waals surface area contributed by atoms with E-state index in [-0.39, 0.29) is 0 Å². The summed E-state index contributed by atoms with van der Waals surface area (Å²) in [7, 11) is 0. The fourth-order valence-corrected chi connectivity index (χ4v) is 3.93. The van der Waals surface area contributed by atoms with Crippen molar-refractivity contribution in [2.75, 3.05) is 0 Å². The van der Waals surface area contributed by atoms with Gasteiger partial charge in [0.1, 0.15) is 16.9 Å². The second kappa shape index (κ2) is 6.75. The number of pyridine rings is 1. The smallest absolute Gasteiger partial charge is 0.227 e. The summed E-state index contributed by atoms with van der Waals surface area (Å²) in [6, 6.07) is 34.3. The molecule has 0 N–H and O–H groups in total. The number of hydrogen-bond donors (Lipinski definition) is 0. The molecule has 0 fully saturated rings. The number of furan rings is 1. The summed E-state index contributed by atoms with van der Waals surface area (Å²) in [5.74, 6) is 1.34. The van der Waals surface area contributed by atoms with E-state index in [4.69, 9.17) is 14.1 Å². The van der Waals surface area contributed by atoms with Gasteiger partial charge in [0.15, 0.2) is 0 Å². The third kappa shape index (κ3) is 2.72. The molecule has 3 heteroatoms. The quantitative estimate of drug-likeness (QED) is 0.314. The van der Waals surface area contributed by atoms with Crippen LogP contribution in [0.15, 0.2) is 108 Å². The predicted molar refractivity (Wildman–Crippen MR) is 121 cm³/mol. The van der Waals surface area contributed by atoms with Crippen LogP contribution in [0.3, 0.4) is 0 Å². The molecule has 0 saturated heterocycles. The van der Waals surface area contributed by atoms with Gasteiger partial charge >= 0.3 is 0 Å². The van der Waals surface area contributed by atoms with Crippen molar-refractivity contribution in [2.24, 2.45) is 0 Å². The number of ether oxygens (including phenoxy) is 1. The molecular formula is C27H17NO2. The highest BCUT2D eigenvalue weighted by Crippen LogP contribution is 2.38. The second-order valence-corrected chi connectivity index (χ2v) is 7.23. The van der Waals surface area contributed by atoms with E-state index in [0.29, 0.717) is 5.88 Å². The lowest BCUT2D eigenvalue weighted by molar-refractivity contribution is 0.470. The Morgan fingerprint density at radius 1 is 0.633 bits per heavy atom. The molecule has 3 nitrogen and oxygen atoms in total. The van der Waals surface area contributed by atoms with E-state index in [0.717, 1.165) is 49.7 Å². The molecule has 0 aliphatic rings. The van der Waals surface area contributed by atoms with Gasteiger partial charge in [-0.2, -0.15) is 0 Å². The van der Waals surface area contributed by atoms with Gasteiger partial charge < -0.3 is 9.15 Å². The lowest BCUT2D eigenvalue weighted by atomic mass is 10.0. The topological polar surface area (TPSA) is 35.3 Å². The Hall–Kier alpha value is -4.11. The van der Waals surface area contributed by atoms with Gasteiger partial charge in [-0.15, -0.1) is 0 Å². The molecule has 0 radical (unpaired) electrons. The molecule has 0 aliphatic carbocycles. The number of para-hydroxylation sites is 3. The minimum absolute atomic E-state index is 0.586. The summed E-state index contributed by atoms with van der Waals surface area (Å²) in [6.45, 7) is 0. The van der Waals surface area contributed by atoms with E-state index in [2.05, 4.69) is 24.3 Å². The number of rotatable bonds is 3. The van der Waals surface area contributed by atoms with Crippen LogP contribution in [0.1, 0.15) is 0 Å². The molecular weight excluding hydrogens is 370 g/mol. The third-order valence-corrected chi connectivity index (χ3v) is 5.34. The number of hydrogen-bond acceptors (Lipinski definition) is 3. The van der Waals surface area contributed by atoms with Crippen molar-refractivity contribution >= 4 is 32.7 Å². The lowest BCUT2D eigenvalue weighted by Crippen LogP contribution is -1.93. The van der Waals surface area contributed by atoms with Crippen molar-refractivity contribution in [3.63, 3.8) is 0 Å². The van der Waals surface area contributed by atoms with Crippen molar-refractivity contribution in [1.29, 1.82) is 0 Å². The van der Waals surface area contributed by atoms with Crippen LogP contribution in [-0.4, -0.2) is 4.98 Å². The molecule has 6 rings (SSSR count). The first-order valence-electron chi connectivity index (χ1n) is 9.90. The molecule has 0 spiro atoms. The van der Waals surface area contributed by atoms with Crippen LogP contribution >= 0.6 is 0 Å². The molecule has 4 aromatic carbocycles. The van der Waals surface area contributed by atoms with Gasteiger partial charge in [-0.25, -0.2) is 4.98 Å². The van der Waals surface area contributed by atoms with Gasteiger partial charge in [-0.1, -0.05) is 66.7 Å². The largest absolute Gasteiger partial charge is 0.455 e. The number of fused-ring (bicyclic) bond motifs is 4. The highest BCUT2D eigenvalue weighted by Gasteiger charge is 2.15. The summed E-state index contributed by atoms with van der Waals surface area (Å²) < 4.78 is 12.4. The number of aromatic nitrogens is 1. The van der Waals surface area contributed by atoms with Crippen LogP contribution in [0.25, 0.3) is 44.0 Å². The zero-order valence-corrected chi connectivity index (χ0v) is 16.1. The standard InChI is InChI=1S/C27H17NO2/c1-2-10-19(11-3-1)29-27-20-12-5-4-9-18(20)17-24(28-27)23-15-8-14-22-21-13-6-7-16-25(21)30-26(22)23/h1-17H. The average molecular weight is 387 g/mol. The molecule has 2 aromatic heterocycles. The molecule has 0 saturated carbocycles. The highest BCUT2D eigenvalue weighted by atomic mass is 16.5. The molecule has 0 aliphatic heterocycles. The summed E-state index contributed by atoms with van der Waals surface area (Å²) >= 11 is 0. The van der Waals surface area contributed by atoms with E-state index in [1.54, 1.807) is 0 Å². The Kier molecular flexibility index (Phi) is 3.78. The van der Waals surface area contributed by atoms with Gasteiger partial charge in [0.2, 0.25) is 5.88 Å². The van der Waals surface area contributed by atoms with Crippen LogP contribution in [0, 0.1) is 0 Å². The minimum Gasteiger partial charge on any atom is -0.455 e. The van der Waals surface area contributed by atoms with E-state index >= 15 is 0 Å². The first-order valence-corrected chi connectivity index (χ1v) is 9.90. The van der Waals surface area contributed by atoms with Crippen molar-refractivity contribution in [3.05, 3.63) is 103 Å². The Morgan fingerprint density at radius 2 is 1.37 bits per heavy atom. The Bertz CT molecular complexity index is 1520. The molecule has 0 amide bonds. The van der Waals surface area contributed by atoms with E-state index < -0.39 is 0 Å². The van der Waals surface area contributed by atoms with Gasteiger partial charge in [0, 0.05) is 21.7 Å². The van der Waals surface area contributed by atoms with Gasteiger partial charge in [0.05, 0.1) is 5.69 Å². The first kappa shape index (κ1) is 16.8. The van der Waals surface area contributed by atoms with Crippen LogP contribution < -0.4 is 4.74 Å². The summed E-state index contributed by atoms with van der Waals surface area (Å²) in [4.78, 5) is 4.90. The van der Waals surface area contributed by atoms with Crippen LogP contribution in [0.2, 0.25) is 0 Å². The normalized spacial score (nSPS) is 11.3. The molecule has 0 unspecified atom stereocenters. The van der Waals surface area contributed by atoms with E-state index in [9.17, 15) is 0 Å². The third-order valence-electron chi connectivity index (χ3n) is 5.34. The van der Waals surface area contributed by atoms with Gasteiger partial charge in [0.25, 0.3) is 0 Å². The van der Waals surface area contributed by atoms with Crippen LogP contribution in [-0.2, 0) is 0 Å². The molecule has 2 heterocycles. The lowest BCUT2D eigenvalue weighted by Gasteiger charge is -2.11. The van der Waals surface area contributed by atoms with Crippen molar-refractivity contribution in [3.8, 4) is 22.9 Å². The molecule has 142 valence electrons. The van der Waals surface area contributed by atoms with Crippen LogP contribution in [0.4, 0.5) is 0 Å². The molecule has 6 aromatic rings. The molecule has 30 heavy (non-hydrogen) atoms. The highest BCUT2D eigenvalue weighted by molar-refractivity contribution is 6.09. The van der Waals surface area contributed by atoms with Crippen molar-refractivity contribution < 1.29 is 9.15 Å². The fraction of sp³-hybridized carbons (Fsp3) is 0. The summed E-state index contributed by atoms with van der Waals surface area (Å²) in [6.07, 6.45) is 0. The first-order chi connectivity index (χ1) is 14.9. The van der Waals surface area contributed by atoms with E-state index in [1.165, 1.54) is 0 Å². The zero-order valence-electron chi connectivity index (χ0n) is 16.1. The molecule has 0 bridgehead atoms. The zero-order chi connectivity index (χ0) is 19.9. The maximum Gasteiger partial charge on any atom is 0.227 e. The predicted octanol–water partition coefficient (Wildman–Crippen LogP) is 7.59. The SMILES string of the molecule is c1ccc(Oc2nc(-c3cccc4c3oc3ccccc34)cc3ccccc23)cc1. The average Bonchev–Trinajstić information content (AvgIpc) is 3.18. The Balaban J connectivity index is 1.60. The number of nitrogens with zero attached hydrogens (tertiary/aromatic N) is 1. The van der Waals surface area contributed by atoms with Crippen LogP contribution in [0.5, 0.6) is 11.6 Å². The fourth-order valence-electron chi connectivity index (χ4n) is 3.93. The summed E-state index contributed by atoms with van der Waals surface area (Å²) in [5.41, 5.74) is 3.49. The second-order valence-electron chi connectivity index (χ2n) is 7.23. The monoisotopic (exact) mass is 387 g/mol. The summed E-state index contributed by atoms with van der Waals surface area (Å²) in [5, 5.41) is 4.24. The van der Waals surface area contributed by atoms with E-state index in [1.807, 2.05) is 78.9 Å². The number of benzene rings is 4. The van der Waals surface area contributed by atoms with Crippen molar-refractivity contribution in [2.45, 2.75) is 0 Å². The van der Waals surface area contributed by atoms with Crippen molar-refractivity contribution in [1.82, 2.24) is 4.98 Å². The van der Waals surface area contributed by atoms with Gasteiger partial charge in [-0.05, 0) is 41.8 Å².